The summed E-state index contributed by atoms with van der Waals surface area (Å²) in [6.45, 7) is 0.718. The van der Waals surface area contributed by atoms with E-state index in [1.807, 2.05) is 11.8 Å². The third kappa shape index (κ3) is 2.87. The summed E-state index contributed by atoms with van der Waals surface area (Å²) in [6, 6.07) is 3.64. The second kappa shape index (κ2) is 5.86. The zero-order valence-electron chi connectivity index (χ0n) is 12.4. The van der Waals surface area contributed by atoms with Gasteiger partial charge < -0.3 is 10.1 Å². The van der Waals surface area contributed by atoms with Crippen molar-refractivity contribution in [2.75, 3.05) is 23.4 Å². The van der Waals surface area contributed by atoms with E-state index in [0.29, 0.717) is 11.5 Å². The Morgan fingerprint density at radius 3 is 3.09 bits per heavy atom. The quantitative estimate of drug-likeness (QED) is 0.925. The number of halogens is 2. The maximum Gasteiger partial charge on any atom is 0.299 e. The molecule has 2 fully saturated rings. The molecule has 2 aromatic heterocycles. The van der Waals surface area contributed by atoms with Crippen LogP contribution in [0.3, 0.4) is 0 Å². The maximum atomic E-state index is 12.9. The van der Waals surface area contributed by atoms with Gasteiger partial charge in [0.25, 0.3) is 6.43 Å². The first-order valence-corrected chi connectivity index (χ1v) is 8.79. The Hall–Kier alpha value is -1.48. The highest BCUT2D eigenvalue weighted by Crippen LogP contribution is 2.38. The summed E-state index contributed by atoms with van der Waals surface area (Å²) in [7, 11) is 0. The van der Waals surface area contributed by atoms with Crippen LogP contribution in [0.15, 0.2) is 12.1 Å². The highest BCUT2D eigenvalue weighted by atomic mass is 32.2. The number of hydrogen-bond donors (Lipinski definition) is 1. The Morgan fingerprint density at radius 1 is 1.39 bits per heavy atom. The third-order valence-electron chi connectivity index (χ3n) is 4.39. The lowest BCUT2D eigenvalue weighted by Gasteiger charge is -2.38. The lowest BCUT2D eigenvalue weighted by Crippen LogP contribution is -2.44. The van der Waals surface area contributed by atoms with Crippen LogP contribution in [0.2, 0.25) is 0 Å². The summed E-state index contributed by atoms with van der Waals surface area (Å²) in [5.74, 6) is 2.29. The summed E-state index contributed by atoms with van der Waals surface area (Å²) in [5.41, 5.74) is 0.288. The fraction of sp³-hybridized carbons (Fsp3) is 0.643. The number of ether oxygens (including phenoxy) is 1. The molecule has 0 aromatic carbocycles. The molecule has 23 heavy (non-hydrogen) atoms. The van der Waals surface area contributed by atoms with Crippen LogP contribution in [0.25, 0.3) is 5.65 Å². The summed E-state index contributed by atoms with van der Waals surface area (Å²) >= 11 is 1.92. The van der Waals surface area contributed by atoms with Crippen LogP contribution in [0.1, 0.15) is 31.5 Å². The standard InChI is InChI=1S/C14H17F2N5OS/c15-12(16)13-19-18-11-2-1-10(20-21(11)13)17-9-3-5-22-14(7-9)4-6-23-8-14/h1-2,9,12H,3-8H2,(H,17,20). The van der Waals surface area contributed by atoms with Gasteiger partial charge in [0.1, 0.15) is 5.82 Å². The number of hydrogen-bond acceptors (Lipinski definition) is 6. The summed E-state index contributed by atoms with van der Waals surface area (Å²) in [5, 5.41) is 14.8. The number of alkyl halides is 2. The van der Waals surface area contributed by atoms with Crippen molar-refractivity contribution in [3.8, 4) is 0 Å². The van der Waals surface area contributed by atoms with E-state index >= 15 is 0 Å². The van der Waals surface area contributed by atoms with E-state index in [9.17, 15) is 8.78 Å². The zero-order chi connectivity index (χ0) is 15.9. The molecule has 0 bridgehead atoms. The summed E-state index contributed by atoms with van der Waals surface area (Å²) < 4.78 is 32.9. The molecule has 9 heteroatoms. The SMILES string of the molecule is FC(F)c1nnc2ccc(NC3CCOC4(CCSC4)C3)nn12. The molecule has 2 aliphatic heterocycles. The minimum absolute atomic E-state index is 0.0324. The van der Waals surface area contributed by atoms with Gasteiger partial charge in [0.2, 0.25) is 5.82 Å². The van der Waals surface area contributed by atoms with Crippen LogP contribution in [-0.4, -0.2) is 49.6 Å². The van der Waals surface area contributed by atoms with Gasteiger partial charge in [-0.05, 0) is 37.1 Å². The van der Waals surface area contributed by atoms with Crippen molar-refractivity contribution < 1.29 is 13.5 Å². The summed E-state index contributed by atoms with van der Waals surface area (Å²) in [4.78, 5) is 0. The molecule has 0 amide bonds. The van der Waals surface area contributed by atoms with E-state index in [1.165, 1.54) is 0 Å². The monoisotopic (exact) mass is 341 g/mol. The molecule has 0 saturated carbocycles. The fourth-order valence-electron chi connectivity index (χ4n) is 3.24. The van der Waals surface area contributed by atoms with Crippen molar-refractivity contribution in [2.24, 2.45) is 0 Å². The van der Waals surface area contributed by atoms with Crippen LogP contribution >= 0.6 is 11.8 Å². The number of fused-ring (bicyclic) bond motifs is 1. The zero-order valence-corrected chi connectivity index (χ0v) is 13.2. The second-order valence-corrected chi connectivity index (χ2v) is 7.12. The van der Waals surface area contributed by atoms with Crippen LogP contribution in [0.5, 0.6) is 0 Å². The maximum absolute atomic E-state index is 12.9. The molecule has 2 aromatic rings. The molecule has 6 nitrogen and oxygen atoms in total. The van der Waals surface area contributed by atoms with E-state index in [2.05, 4.69) is 20.6 Å². The number of anilines is 1. The van der Waals surface area contributed by atoms with E-state index in [1.54, 1.807) is 12.1 Å². The Labute approximate surface area is 136 Å². The Balaban J connectivity index is 1.54. The van der Waals surface area contributed by atoms with Crippen molar-refractivity contribution in [3.63, 3.8) is 0 Å². The smallest absolute Gasteiger partial charge is 0.299 e. The molecule has 124 valence electrons. The number of rotatable bonds is 3. The van der Waals surface area contributed by atoms with Crippen LogP contribution < -0.4 is 5.32 Å². The molecule has 1 spiro atoms. The number of nitrogens with zero attached hydrogens (tertiary/aromatic N) is 4. The second-order valence-electron chi connectivity index (χ2n) is 6.02. The predicted octanol–water partition coefficient (Wildman–Crippen LogP) is 2.53. The van der Waals surface area contributed by atoms with Crippen molar-refractivity contribution in [3.05, 3.63) is 18.0 Å². The highest BCUT2D eigenvalue weighted by Gasteiger charge is 2.40. The average Bonchev–Trinajstić information content (AvgIpc) is 3.14. The first-order valence-electron chi connectivity index (χ1n) is 7.64. The van der Waals surface area contributed by atoms with Gasteiger partial charge in [-0.2, -0.15) is 16.3 Å². The van der Waals surface area contributed by atoms with Crippen molar-refractivity contribution in [2.45, 2.75) is 37.3 Å². The average molecular weight is 341 g/mol. The predicted molar refractivity (Wildman–Crippen MR) is 83.0 cm³/mol. The molecular weight excluding hydrogens is 324 g/mol. The molecule has 4 heterocycles. The third-order valence-corrected chi connectivity index (χ3v) is 5.62. The van der Waals surface area contributed by atoms with E-state index in [-0.39, 0.29) is 11.6 Å². The van der Waals surface area contributed by atoms with Gasteiger partial charge in [-0.25, -0.2) is 8.78 Å². The van der Waals surface area contributed by atoms with E-state index in [0.717, 1.165) is 41.9 Å². The first kappa shape index (κ1) is 15.1. The molecule has 2 aliphatic rings. The minimum Gasteiger partial charge on any atom is -0.374 e. The number of aromatic nitrogens is 4. The minimum atomic E-state index is -2.70. The molecule has 1 N–H and O–H groups in total. The van der Waals surface area contributed by atoms with Crippen molar-refractivity contribution in [1.82, 2.24) is 19.8 Å². The Morgan fingerprint density at radius 2 is 2.30 bits per heavy atom. The van der Waals surface area contributed by atoms with Crippen LogP contribution in [0.4, 0.5) is 14.6 Å². The largest absolute Gasteiger partial charge is 0.374 e. The molecular formula is C14H17F2N5OS. The summed E-state index contributed by atoms with van der Waals surface area (Å²) in [6.07, 6.45) is 0.178. The van der Waals surface area contributed by atoms with Gasteiger partial charge >= 0.3 is 0 Å². The molecule has 4 rings (SSSR count). The van der Waals surface area contributed by atoms with Gasteiger partial charge in [0, 0.05) is 18.4 Å². The Kier molecular flexibility index (Phi) is 3.84. The van der Waals surface area contributed by atoms with Gasteiger partial charge in [-0.15, -0.1) is 15.3 Å². The molecule has 0 radical (unpaired) electrons. The fourth-order valence-corrected chi connectivity index (χ4v) is 4.62. The molecule has 2 atom stereocenters. The van der Waals surface area contributed by atoms with E-state index in [4.69, 9.17) is 4.74 Å². The molecule has 2 saturated heterocycles. The van der Waals surface area contributed by atoms with Crippen molar-refractivity contribution >= 4 is 23.2 Å². The van der Waals surface area contributed by atoms with E-state index < -0.39 is 12.2 Å². The first-order chi connectivity index (χ1) is 11.2. The normalized spacial score (nSPS) is 28.0. The topological polar surface area (TPSA) is 64.3 Å². The van der Waals surface area contributed by atoms with Crippen molar-refractivity contribution in [1.29, 1.82) is 0 Å². The Bertz CT molecular complexity index is 704. The number of nitrogens with one attached hydrogen (secondary N) is 1. The molecule has 2 unspecified atom stereocenters. The number of thioether (sulfide) groups is 1. The lowest BCUT2D eigenvalue weighted by atomic mass is 9.90. The van der Waals surface area contributed by atoms with Gasteiger partial charge in [0.15, 0.2) is 5.65 Å². The lowest BCUT2D eigenvalue weighted by molar-refractivity contribution is -0.0628. The van der Waals surface area contributed by atoms with Crippen LogP contribution in [0, 0.1) is 0 Å². The highest BCUT2D eigenvalue weighted by molar-refractivity contribution is 7.99. The van der Waals surface area contributed by atoms with Crippen LogP contribution in [-0.2, 0) is 4.74 Å². The molecule has 0 aliphatic carbocycles. The van der Waals surface area contributed by atoms with Gasteiger partial charge in [-0.3, -0.25) is 0 Å². The van der Waals surface area contributed by atoms with Gasteiger partial charge in [-0.1, -0.05) is 0 Å². The van der Waals surface area contributed by atoms with Gasteiger partial charge in [0.05, 0.1) is 5.60 Å².